The number of aromatic nitrogens is 2. The van der Waals surface area contributed by atoms with Crippen molar-refractivity contribution in [1.29, 1.82) is 0 Å². The van der Waals surface area contributed by atoms with E-state index in [2.05, 4.69) is 4.98 Å². The summed E-state index contributed by atoms with van der Waals surface area (Å²) in [6, 6.07) is 13.8. The van der Waals surface area contributed by atoms with Crippen LogP contribution in [0.5, 0.6) is 0 Å². The number of hydrogen-bond acceptors (Lipinski definition) is 5. The molecule has 0 amide bonds. The summed E-state index contributed by atoms with van der Waals surface area (Å²) >= 11 is 12.0. The lowest BCUT2D eigenvalue weighted by molar-refractivity contribution is -0.135. The van der Waals surface area contributed by atoms with Crippen LogP contribution in [0.25, 0.3) is 16.7 Å². The number of hydrogen-bond donors (Lipinski definition) is 1. The summed E-state index contributed by atoms with van der Waals surface area (Å²) in [5, 5.41) is 10.3. The molecule has 0 aliphatic heterocycles. The second-order valence-corrected chi connectivity index (χ2v) is 11.9. The Labute approximate surface area is 214 Å². The molecular weight excluding hydrogens is 533 g/mol. The molecule has 2 aromatic heterocycles. The first kappa shape index (κ1) is 25.2. The van der Waals surface area contributed by atoms with Gasteiger partial charge in [-0.25, -0.2) is 13.4 Å². The van der Waals surface area contributed by atoms with Gasteiger partial charge in [-0.05, 0) is 54.6 Å². The number of carbonyl (C=O) groups is 1. The molecule has 2 aromatic carbocycles. The van der Waals surface area contributed by atoms with Crippen LogP contribution in [0.15, 0.2) is 76.8 Å². The molecule has 8 nitrogen and oxygen atoms in total. The van der Waals surface area contributed by atoms with Crippen LogP contribution in [0.3, 0.4) is 0 Å². The quantitative estimate of drug-likeness (QED) is 0.338. The van der Waals surface area contributed by atoms with E-state index < -0.39 is 33.3 Å². The average Bonchev–Trinajstić information content (AvgIpc) is 3.24. The Bertz CT molecular complexity index is 1550. The van der Waals surface area contributed by atoms with Crippen molar-refractivity contribution in [2.45, 2.75) is 16.7 Å². The van der Waals surface area contributed by atoms with Crippen LogP contribution >= 0.6 is 23.2 Å². The lowest BCUT2D eigenvalue weighted by Crippen LogP contribution is -2.35. The number of anilines is 1. The monoisotopic (exact) mass is 551 g/mol. The van der Waals surface area contributed by atoms with Gasteiger partial charge in [-0.3, -0.25) is 13.3 Å². The summed E-state index contributed by atoms with van der Waals surface area (Å²) in [4.78, 5) is 16.3. The zero-order valence-electron chi connectivity index (χ0n) is 18.3. The maximum absolute atomic E-state index is 13.4. The van der Waals surface area contributed by atoms with Crippen molar-refractivity contribution in [2.75, 3.05) is 16.6 Å². The Morgan fingerprint density at radius 2 is 1.80 bits per heavy atom. The van der Waals surface area contributed by atoms with Crippen molar-refractivity contribution in [2.24, 2.45) is 0 Å². The second kappa shape index (κ2) is 9.98. The van der Waals surface area contributed by atoms with Crippen LogP contribution in [0.2, 0.25) is 10.0 Å². The van der Waals surface area contributed by atoms with E-state index in [-0.39, 0.29) is 20.6 Å². The molecule has 182 valence electrons. The molecule has 0 radical (unpaired) electrons. The highest BCUT2D eigenvalue weighted by Crippen LogP contribution is 2.31. The Morgan fingerprint density at radius 3 is 2.46 bits per heavy atom. The molecule has 1 atom stereocenters. The topological polar surface area (TPSA) is 110 Å². The largest absolute Gasteiger partial charge is 0.480 e. The van der Waals surface area contributed by atoms with Gasteiger partial charge in [0.1, 0.15) is 12.4 Å². The molecule has 0 saturated heterocycles. The van der Waals surface area contributed by atoms with Gasteiger partial charge in [0.25, 0.3) is 10.0 Å². The highest BCUT2D eigenvalue weighted by molar-refractivity contribution is 7.92. The number of sulfonamides is 1. The summed E-state index contributed by atoms with van der Waals surface area (Å²) in [6.07, 6.45) is 3.33. The second-order valence-electron chi connectivity index (χ2n) is 7.42. The van der Waals surface area contributed by atoms with E-state index in [1.54, 1.807) is 47.3 Å². The van der Waals surface area contributed by atoms with Gasteiger partial charge in [-0.1, -0.05) is 30.1 Å². The van der Waals surface area contributed by atoms with Crippen LogP contribution in [-0.2, 0) is 25.6 Å². The van der Waals surface area contributed by atoms with Gasteiger partial charge in [0.05, 0.1) is 26.9 Å². The molecule has 0 aliphatic rings. The molecule has 4 aromatic rings. The lowest BCUT2D eigenvalue weighted by Gasteiger charge is -2.23. The first-order valence-electron chi connectivity index (χ1n) is 10.3. The van der Waals surface area contributed by atoms with Gasteiger partial charge in [0.15, 0.2) is 0 Å². The van der Waals surface area contributed by atoms with Crippen LogP contribution in [0, 0.1) is 0 Å². The van der Waals surface area contributed by atoms with Crippen molar-refractivity contribution < 1.29 is 22.5 Å². The molecule has 0 aliphatic carbocycles. The number of pyridine rings is 1. The van der Waals surface area contributed by atoms with Gasteiger partial charge in [-0.15, -0.1) is 0 Å². The third-order valence-electron chi connectivity index (χ3n) is 5.15. The SMILES string of the molecule is CCS(=O)c1ccnc(-n2ccc3cc(N(CC(=O)O)S(=O)(=O)c4cc(Cl)cc(Cl)c4)ccc32)c1. The fraction of sp³-hybridized carbons (Fsp3) is 0.130. The zero-order valence-corrected chi connectivity index (χ0v) is 21.4. The number of fused-ring (bicyclic) bond motifs is 1. The summed E-state index contributed by atoms with van der Waals surface area (Å²) in [5.41, 5.74) is 0.863. The van der Waals surface area contributed by atoms with Crippen molar-refractivity contribution >= 4 is 66.6 Å². The van der Waals surface area contributed by atoms with Crippen LogP contribution < -0.4 is 4.31 Å². The first-order valence-corrected chi connectivity index (χ1v) is 13.8. The van der Waals surface area contributed by atoms with E-state index in [9.17, 15) is 22.5 Å². The van der Waals surface area contributed by atoms with E-state index >= 15 is 0 Å². The minimum Gasteiger partial charge on any atom is -0.480 e. The Kier molecular flexibility index (Phi) is 7.18. The van der Waals surface area contributed by atoms with Crippen molar-refractivity contribution in [3.05, 3.63) is 77.0 Å². The molecule has 0 saturated carbocycles. The van der Waals surface area contributed by atoms with Gasteiger partial charge in [0.2, 0.25) is 0 Å². The summed E-state index contributed by atoms with van der Waals surface area (Å²) in [5.74, 6) is -0.301. The Morgan fingerprint density at radius 1 is 1.09 bits per heavy atom. The number of carboxylic acids is 1. The Hall–Kier alpha value is -2.92. The number of aliphatic carboxylic acids is 1. The van der Waals surface area contributed by atoms with Crippen LogP contribution in [0.1, 0.15) is 6.92 Å². The zero-order chi connectivity index (χ0) is 25.3. The predicted molar refractivity (Wildman–Crippen MR) is 137 cm³/mol. The normalized spacial score (nSPS) is 12.5. The maximum Gasteiger partial charge on any atom is 0.324 e. The molecule has 4 rings (SSSR count). The summed E-state index contributed by atoms with van der Waals surface area (Å²) in [6.45, 7) is 1.03. The van der Waals surface area contributed by atoms with E-state index in [0.717, 1.165) is 4.31 Å². The molecular formula is C23H19Cl2N3O5S2. The molecule has 0 fully saturated rings. The van der Waals surface area contributed by atoms with Crippen molar-refractivity contribution in [3.8, 4) is 5.82 Å². The standard InChI is InChI=1S/C23H19Cl2N3O5S2/c1-2-34(31)19-5-7-26-22(13-19)27-8-6-15-9-18(3-4-21(15)27)28(14-23(29)30)35(32,33)20-11-16(24)10-17(25)12-20/h3-13H,2,14H2,1H3,(H,29,30). The highest BCUT2D eigenvalue weighted by Gasteiger charge is 2.28. The van der Waals surface area contributed by atoms with E-state index in [0.29, 0.717) is 27.4 Å². The van der Waals surface area contributed by atoms with Crippen LogP contribution in [-0.4, -0.2) is 45.6 Å². The van der Waals surface area contributed by atoms with E-state index in [1.807, 2.05) is 6.92 Å². The minimum absolute atomic E-state index is 0.109. The van der Waals surface area contributed by atoms with Gasteiger partial charge < -0.3 is 9.67 Å². The average molecular weight is 552 g/mol. The van der Waals surface area contributed by atoms with Gasteiger partial charge in [-0.2, -0.15) is 0 Å². The number of halogens is 2. The van der Waals surface area contributed by atoms with Gasteiger partial charge in [0, 0.05) is 38.5 Å². The number of rotatable bonds is 8. The van der Waals surface area contributed by atoms with Crippen molar-refractivity contribution in [3.63, 3.8) is 0 Å². The summed E-state index contributed by atoms with van der Waals surface area (Å²) < 4.78 is 41.5. The third kappa shape index (κ3) is 5.20. The molecule has 1 N–H and O–H groups in total. The van der Waals surface area contributed by atoms with Crippen LogP contribution in [0.4, 0.5) is 5.69 Å². The van der Waals surface area contributed by atoms with E-state index in [4.69, 9.17) is 23.2 Å². The number of carboxylic acid groups (broad SMARTS) is 1. The van der Waals surface area contributed by atoms with E-state index in [1.165, 1.54) is 24.3 Å². The predicted octanol–water partition coefficient (Wildman–Crippen LogP) is 4.74. The Balaban J connectivity index is 1.79. The minimum atomic E-state index is -4.30. The maximum atomic E-state index is 13.4. The molecule has 1 unspecified atom stereocenters. The molecule has 2 heterocycles. The third-order valence-corrected chi connectivity index (χ3v) is 8.65. The number of benzene rings is 2. The molecule has 35 heavy (non-hydrogen) atoms. The molecule has 12 heteroatoms. The molecule has 0 bridgehead atoms. The summed E-state index contributed by atoms with van der Waals surface area (Å²) in [7, 11) is -5.44. The highest BCUT2D eigenvalue weighted by atomic mass is 35.5. The van der Waals surface area contributed by atoms with Crippen molar-refractivity contribution in [1.82, 2.24) is 9.55 Å². The lowest BCUT2D eigenvalue weighted by atomic mass is 10.2. The molecule has 0 spiro atoms. The fourth-order valence-corrected chi connectivity index (χ4v) is 6.48. The smallest absolute Gasteiger partial charge is 0.324 e. The fourth-order valence-electron chi connectivity index (χ4n) is 3.57. The first-order chi connectivity index (χ1) is 16.6. The van der Waals surface area contributed by atoms with Gasteiger partial charge >= 0.3 is 5.97 Å². The number of nitrogens with zero attached hydrogens (tertiary/aromatic N) is 3.